The van der Waals surface area contributed by atoms with E-state index in [4.69, 9.17) is 5.73 Å². The van der Waals surface area contributed by atoms with Crippen molar-refractivity contribution in [1.82, 2.24) is 4.98 Å². The number of nitrogens with zero attached hydrogens (tertiary/aromatic N) is 1. The molecule has 3 nitrogen and oxygen atoms in total. The molecule has 2 N–H and O–H groups in total. The van der Waals surface area contributed by atoms with Gasteiger partial charge in [0.1, 0.15) is 0 Å². The number of rotatable bonds is 1. The molecule has 14 heavy (non-hydrogen) atoms. The topological polar surface area (TPSA) is 56.0 Å². The molecule has 1 aromatic heterocycles. The van der Waals surface area contributed by atoms with Gasteiger partial charge in [-0.05, 0) is 18.6 Å². The zero-order valence-corrected chi connectivity index (χ0v) is 7.67. The molecule has 0 spiro atoms. The molecule has 0 radical (unpaired) electrons. The number of amides is 1. The van der Waals surface area contributed by atoms with E-state index in [2.05, 4.69) is 16.8 Å². The summed E-state index contributed by atoms with van der Waals surface area (Å²) in [6.07, 6.45) is 1.33. The molecule has 0 aliphatic rings. The van der Waals surface area contributed by atoms with Gasteiger partial charge in [-0.2, -0.15) is 4.39 Å². The largest absolute Gasteiger partial charge is 0.369 e. The maximum absolute atomic E-state index is 12.6. The highest BCUT2D eigenvalue weighted by Crippen LogP contribution is 2.05. The van der Waals surface area contributed by atoms with Crippen molar-refractivity contribution in [2.24, 2.45) is 5.73 Å². The summed E-state index contributed by atoms with van der Waals surface area (Å²) in [6.45, 7) is 1.72. The fourth-order valence-electron chi connectivity index (χ4n) is 0.879. The number of primary amides is 1. The number of aryl methyl sites for hydroxylation is 1. The molecule has 0 saturated heterocycles. The van der Waals surface area contributed by atoms with E-state index in [0.29, 0.717) is 11.1 Å². The lowest BCUT2D eigenvalue weighted by atomic mass is 10.1. The van der Waals surface area contributed by atoms with E-state index >= 15 is 0 Å². The minimum atomic E-state index is -0.539. The normalized spacial score (nSPS) is 9.00. The SMILES string of the molecule is Cc1cc(F)ncc1C#CCC(N)=O. The summed E-state index contributed by atoms with van der Waals surface area (Å²) in [4.78, 5) is 13.8. The predicted octanol–water partition coefficient (Wildman–Crippen LogP) is 0.756. The average molecular weight is 192 g/mol. The Morgan fingerprint density at radius 1 is 1.71 bits per heavy atom. The Kier molecular flexibility index (Phi) is 3.19. The van der Waals surface area contributed by atoms with Gasteiger partial charge in [0.15, 0.2) is 0 Å². The lowest BCUT2D eigenvalue weighted by Gasteiger charge is -1.95. The first kappa shape index (κ1) is 10.2. The standard InChI is InChI=1S/C10H9FN2O/c1-7-5-9(11)13-6-8(7)3-2-4-10(12)14/h5-6H,4H2,1H3,(H2,12,14). The Morgan fingerprint density at radius 3 is 3.00 bits per heavy atom. The molecule has 4 heteroatoms. The van der Waals surface area contributed by atoms with Crippen LogP contribution >= 0.6 is 0 Å². The lowest BCUT2D eigenvalue weighted by Crippen LogP contribution is -2.08. The van der Waals surface area contributed by atoms with Crippen LogP contribution in [0.4, 0.5) is 4.39 Å². The van der Waals surface area contributed by atoms with Crippen molar-refractivity contribution in [2.75, 3.05) is 0 Å². The van der Waals surface area contributed by atoms with Crippen molar-refractivity contribution >= 4 is 5.91 Å². The van der Waals surface area contributed by atoms with Gasteiger partial charge in [0.25, 0.3) is 0 Å². The molecule has 0 aliphatic heterocycles. The highest BCUT2D eigenvalue weighted by Gasteiger charge is 1.97. The fourth-order valence-corrected chi connectivity index (χ4v) is 0.879. The molecular formula is C10H9FN2O. The molecular weight excluding hydrogens is 183 g/mol. The van der Waals surface area contributed by atoms with Crippen LogP contribution in [0.2, 0.25) is 0 Å². The van der Waals surface area contributed by atoms with Crippen LogP contribution in [0.25, 0.3) is 0 Å². The molecule has 1 amide bonds. The zero-order valence-electron chi connectivity index (χ0n) is 7.67. The molecule has 72 valence electrons. The number of carbonyl (C=O) groups is 1. The quantitative estimate of drug-likeness (QED) is 0.527. The summed E-state index contributed by atoms with van der Waals surface area (Å²) in [7, 11) is 0. The van der Waals surface area contributed by atoms with Crippen molar-refractivity contribution in [3.05, 3.63) is 29.3 Å². The van der Waals surface area contributed by atoms with Crippen molar-refractivity contribution in [1.29, 1.82) is 0 Å². The summed E-state index contributed by atoms with van der Waals surface area (Å²) in [5.41, 5.74) is 6.20. The van der Waals surface area contributed by atoms with Gasteiger partial charge in [-0.3, -0.25) is 4.79 Å². The van der Waals surface area contributed by atoms with Gasteiger partial charge in [-0.1, -0.05) is 11.8 Å². The Hall–Kier alpha value is -1.89. The van der Waals surface area contributed by atoms with Crippen LogP contribution in [0.1, 0.15) is 17.5 Å². The summed E-state index contributed by atoms with van der Waals surface area (Å²) < 4.78 is 12.6. The van der Waals surface area contributed by atoms with E-state index in [0.717, 1.165) is 0 Å². The summed E-state index contributed by atoms with van der Waals surface area (Å²) >= 11 is 0. The van der Waals surface area contributed by atoms with Gasteiger partial charge in [-0.25, -0.2) is 4.98 Å². The van der Waals surface area contributed by atoms with E-state index in [1.807, 2.05) is 0 Å². The number of nitrogens with two attached hydrogens (primary N) is 1. The molecule has 0 fully saturated rings. The number of hydrogen-bond acceptors (Lipinski definition) is 2. The summed E-state index contributed by atoms with van der Waals surface area (Å²) in [5.74, 6) is 4.25. The smallest absolute Gasteiger partial charge is 0.229 e. The fraction of sp³-hybridized carbons (Fsp3) is 0.200. The highest BCUT2D eigenvalue weighted by atomic mass is 19.1. The lowest BCUT2D eigenvalue weighted by molar-refractivity contribution is -0.117. The molecule has 0 bridgehead atoms. The molecule has 0 atom stereocenters. The minimum absolute atomic E-state index is 0.00316. The van der Waals surface area contributed by atoms with E-state index in [9.17, 15) is 9.18 Å². The Labute approximate surface area is 81.1 Å². The van der Waals surface area contributed by atoms with Crippen LogP contribution in [0.15, 0.2) is 12.3 Å². The minimum Gasteiger partial charge on any atom is -0.369 e. The summed E-state index contributed by atoms with van der Waals surface area (Å²) in [5, 5.41) is 0. The maximum atomic E-state index is 12.6. The van der Waals surface area contributed by atoms with Gasteiger partial charge in [-0.15, -0.1) is 0 Å². The predicted molar refractivity (Wildman–Crippen MR) is 49.6 cm³/mol. The second-order valence-electron chi connectivity index (χ2n) is 2.77. The average Bonchev–Trinajstić information content (AvgIpc) is 2.08. The van der Waals surface area contributed by atoms with Gasteiger partial charge in [0.2, 0.25) is 11.9 Å². The second kappa shape index (κ2) is 4.38. The monoisotopic (exact) mass is 192 g/mol. The Balaban J connectivity index is 2.85. The van der Waals surface area contributed by atoms with Crippen LogP contribution in [-0.2, 0) is 4.79 Å². The van der Waals surface area contributed by atoms with Gasteiger partial charge >= 0.3 is 0 Å². The van der Waals surface area contributed by atoms with Crippen LogP contribution < -0.4 is 5.73 Å². The van der Waals surface area contributed by atoms with Crippen LogP contribution in [0.5, 0.6) is 0 Å². The molecule has 0 aromatic carbocycles. The maximum Gasteiger partial charge on any atom is 0.229 e. The van der Waals surface area contributed by atoms with Gasteiger partial charge < -0.3 is 5.73 Å². The molecule has 0 unspecified atom stereocenters. The van der Waals surface area contributed by atoms with Crippen molar-refractivity contribution in [3.8, 4) is 11.8 Å². The third-order valence-corrected chi connectivity index (χ3v) is 1.56. The van der Waals surface area contributed by atoms with Crippen molar-refractivity contribution in [2.45, 2.75) is 13.3 Å². The first-order valence-electron chi connectivity index (χ1n) is 3.99. The first-order chi connectivity index (χ1) is 6.59. The third kappa shape index (κ3) is 2.87. The summed E-state index contributed by atoms with van der Waals surface area (Å²) in [6, 6.07) is 1.29. The van der Waals surface area contributed by atoms with Crippen molar-refractivity contribution < 1.29 is 9.18 Å². The number of aromatic nitrogens is 1. The van der Waals surface area contributed by atoms with Crippen molar-refractivity contribution in [3.63, 3.8) is 0 Å². The number of halogens is 1. The zero-order chi connectivity index (χ0) is 10.6. The molecule has 1 rings (SSSR count). The van der Waals surface area contributed by atoms with Gasteiger partial charge in [0.05, 0.1) is 6.42 Å². The number of pyridine rings is 1. The molecule has 0 saturated carbocycles. The van der Waals surface area contributed by atoms with E-state index in [1.54, 1.807) is 6.92 Å². The van der Waals surface area contributed by atoms with E-state index < -0.39 is 11.9 Å². The van der Waals surface area contributed by atoms with E-state index in [-0.39, 0.29) is 6.42 Å². The molecule has 0 aliphatic carbocycles. The Morgan fingerprint density at radius 2 is 2.43 bits per heavy atom. The number of hydrogen-bond donors (Lipinski definition) is 1. The highest BCUT2D eigenvalue weighted by molar-refractivity contribution is 5.76. The van der Waals surface area contributed by atoms with E-state index in [1.165, 1.54) is 12.3 Å². The Bertz CT molecular complexity index is 418. The van der Waals surface area contributed by atoms with Crippen LogP contribution in [0.3, 0.4) is 0 Å². The first-order valence-corrected chi connectivity index (χ1v) is 3.99. The second-order valence-corrected chi connectivity index (χ2v) is 2.77. The van der Waals surface area contributed by atoms with Crippen LogP contribution in [0, 0.1) is 24.7 Å². The number of carbonyl (C=O) groups excluding carboxylic acids is 1. The molecule has 1 heterocycles. The van der Waals surface area contributed by atoms with Gasteiger partial charge in [0, 0.05) is 11.8 Å². The van der Waals surface area contributed by atoms with Crippen LogP contribution in [-0.4, -0.2) is 10.9 Å². The third-order valence-electron chi connectivity index (χ3n) is 1.56. The molecule has 1 aromatic rings.